The molecule has 2 nitrogen and oxygen atoms in total. The van der Waals surface area contributed by atoms with Gasteiger partial charge in [0.15, 0.2) is 4.67 Å². The molecule has 0 fully saturated rings. The van der Waals surface area contributed by atoms with Crippen LogP contribution >= 0.6 is 15.9 Å². The fourth-order valence-electron chi connectivity index (χ4n) is 2.06. The van der Waals surface area contributed by atoms with E-state index in [1.807, 2.05) is 6.92 Å². The fourth-order valence-corrected chi connectivity index (χ4v) is 2.38. The zero-order chi connectivity index (χ0) is 14.8. The molecule has 0 spiro atoms. The van der Waals surface area contributed by atoms with Crippen LogP contribution < -0.4 is 5.32 Å². The predicted octanol–water partition coefficient (Wildman–Crippen LogP) is 4.76. The van der Waals surface area contributed by atoms with Crippen molar-refractivity contribution in [3.8, 4) is 0 Å². The Morgan fingerprint density at radius 1 is 1.20 bits per heavy atom. The van der Waals surface area contributed by atoms with Gasteiger partial charge in [-0.05, 0) is 46.2 Å². The van der Waals surface area contributed by atoms with Crippen LogP contribution in [0.1, 0.15) is 29.9 Å². The summed E-state index contributed by atoms with van der Waals surface area (Å²) in [4.78, 5) is 0. The van der Waals surface area contributed by atoms with Crippen LogP contribution in [0.5, 0.6) is 0 Å². The summed E-state index contributed by atoms with van der Waals surface area (Å²) < 4.78 is 45.2. The average molecular weight is 348 g/mol. The van der Waals surface area contributed by atoms with Gasteiger partial charge in [0.1, 0.15) is 5.76 Å². The van der Waals surface area contributed by atoms with Crippen molar-refractivity contribution in [2.45, 2.75) is 19.1 Å². The van der Waals surface area contributed by atoms with E-state index in [4.69, 9.17) is 4.42 Å². The van der Waals surface area contributed by atoms with E-state index in [1.54, 1.807) is 18.2 Å². The Bertz CT molecular complexity index is 580. The standard InChI is InChI=1S/C14H13BrF3NO/c1-2-19-13(11-7-8-12(15)20-11)9-5-3-4-6-10(9)14(16,17)18/h3-8,13,19H,2H2,1H3. The van der Waals surface area contributed by atoms with Crippen LogP contribution in [0.2, 0.25) is 0 Å². The summed E-state index contributed by atoms with van der Waals surface area (Å²) >= 11 is 3.17. The highest BCUT2D eigenvalue weighted by Crippen LogP contribution is 2.37. The van der Waals surface area contributed by atoms with E-state index >= 15 is 0 Å². The molecule has 1 unspecified atom stereocenters. The second-order valence-electron chi connectivity index (χ2n) is 4.22. The number of halogens is 4. The SMILES string of the molecule is CCNC(c1ccc(Br)o1)c1ccccc1C(F)(F)F. The molecule has 2 rings (SSSR count). The molecule has 0 aliphatic rings. The molecule has 6 heteroatoms. The van der Waals surface area contributed by atoms with Gasteiger partial charge in [-0.1, -0.05) is 25.1 Å². The molecular weight excluding hydrogens is 335 g/mol. The van der Waals surface area contributed by atoms with E-state index in [0.717, 1.165) is 6.07 Å². The first-order valence-electron chi connectivity index (χ1n) is 6.08. The van der Waals surface area contributed by atoms with Crippen molar-refractivity contribution in [2.24, 2.45) is 0 Å². The van der Waals surface area contributed by atoms with Crippen LogP contribution in [-0.2, 0) is 6.18 Å². The summed E-state index contributed by atoms with van der Waals surface area (Å²) in [6.45, 7) is 2.36. The molecule has 1 heterocycles. The Balaban J connectivity index is 2.50. The fraction of sp³-hybridized carbons (Fsp3) is 0.286. The average Bonchev–Trinajstić information content (AvgIpc) is 2.81. The summed E-state index contributed by atoms with van der Waals surface area (Å²) in [5.41, 5.74) is -0.498. The third-order valence-corrected chi connectivity index (χ3v) is 3.29. The number of nitrogens with one attached hydrogen (secondary N) is 1. The highest BCUT2D eigenvalue weighted by Gasteiger charge is 2.35. The van der Waals surface area contributed by atoms with Gasteiger partial charge in [0, 0.05) is 0 Å². The first-order valence-corrected chi connectivity index (χ1v) is 6.87. The van der Waals surface area contributed by atoms with E-state index < -0.39 is 17.8 Å². The highest BCUT2D eigenvalue weighted by molar-refractivity contribution is 9.10. The summed E-state index contributed by atoms with van der Waals surface area (Å²) in [5.74, 6) is 0.440. The molecule has 0 saturated carbocycles. The van der Waals surface area contributed by atoms with E-state index in [0.29, 0.717) is 17.0 Å². The third-order valence-electron chi connectivity index (χ3n) is 2.86. The summed E-state index contributed by atoms with van der Waals surface area (Å²) in [6, 6.07) is 8.20. The smallest absolute Gasteiger partial charge is 0.416 e. The first-order chi connectivity index (χ1) is 9.43. The molecule has 108 valence electrons. The van der Waals surface area contributed by atoms with Gasteiger partial charge in [-0.3, -0.25) is 0 Å². The molecule has 0 aliphatic heterocycles. The van der Waals surface area contributed by atoms with Gasteiger partial charge >= 0.3 is 6.18 Å². The maximum atomic E-state index is 13.1. The zero-order valence-electron chi connectivity index (χ0n) is 10.7. The quantitative estimate of drug-likeness (QED) is 0.862. The number of hydrogen-bond donors (Lipinski definition) is 1. The molecule has 2 aromatic rings. The van der Waals surface area contributed by atoms with Crippen LogP contribution in [0, 0.1) is 0 Å². The molecule has 1 atom stereocenters. The lowest BCUT2D eigenvalue weighted by Crippen LogP contribution is -2.24. The molecule has 0 saturated heterocycles. The van der Waals surface area contributed by atoms with Gasteiger partial charge in [-0.2, -0.15) is 13.2 Å². The number of hydrogen-bond acceptors (Lipinski definition) is 2. The van der Waals surface area contributed by atoms with Crippen LogP contribution in [0.3, 0.4) is 0 Å². The maximum Gasteiger partial charge on any atom is 0.416 e. The predicted molar refractivity (Wildman–Crippen MR) is 73.4 cm³/mol. The second kappa shape index (κ2) is 6.01. The molecule has 0 aliphatic carbocycles. The van der Waals surface area contributed by atoms with Crippen molar-refractivity contribution in [2.75, 3.05) is 6.54 Å². The Kier molecular flexibility index (Phi) is 4.55. The van der Waals surface area contributed by atoms with Crippen molar-refractivity contribution in [3.05, 3.63) is 58.0 Å². The van der Waals surface area contributed by atoms with Gasteiger partial charge in [0.05, 0.1) is 11.6 Å². The summed E-state index contributed by atoms with van der Waals surface area (Å²) in [7, 11) is 0. The lowest BCUT2D eigenvalue weighted by Gasteiger charge is -2.20. The minimum absolute atomic E-state index is 0.156. The monoisotopic (exact) mass is 347 g/mol. The van der Waals surface area contributed by atoms with Crippen molar-refractivity contribution in [1.82, 2.24) is 5.32 Å². The van der Waals surface area contributed by atoms with E-state index in [-0.39, 0.29) is 5.56 Å². The number of alkyl halides is 3. The molecule has 1 aromatic carbocycles. The van der Waals surface area contributed by atoms with Crippen LogP contribution in [0.4, 0.5) is 13.2 Å². The van der Waals surface area contributed by atoms with Crippen LogP contribution in [-0.4, -0.2) is 6.54 Å². The van der Waals surface area contributed by atoms with E-state index in [2.05, 4.69) is 21.2 Å². The second-order valence-corrected chi connectivity index (χ2v) is 5.00. The zero-order valence-corrected chi connectivity index (χ0v) is 12.3. The van der Waals surface area contributed by atoms with Crippen molar-refractivity contribution in [1.29, 1.82) is 0 Å². The molecule has 0 bridgehead atoms. The van der Waals surface area contributed by atoms with Crippen molar-refractivity contribution < 1.29 is 17.6 Å². The molecule has 1 N–H and O–H groups in total. The topological polar surface area (TPSA) is 25.2 Å². The van der Waals surface area contributed by atoms with Crippen LogP contribution in [0.25, 0.3) is 0 Å². The highest BCUT2D eigenvalue weighted by atomic mass is 79.9. The molecular formula is C14H13BrF3NO. The van der Waals surface area contributed by atoms with Gasteiger partial charge < -0.3 is 9.73 Å². The minimum Gasteiger partial charge on any atom is -0.452 e. The normalized spacial score (nSPS) is 13.4. The van der Waals surface area contributed by atoms with Gasteiger partial charge in [-0.25, -0.2) is 0 Å². The molecule has 0 amide bonds. The number of benzene rings is 1. The lowest BCUT2D eigenvalue weighted by atomic mass is 9.98. The van der Waals surface area contributed by atoms with Crippen molar-refractivity contribution in [3.63, 3.8) is 0 Å². The Labute approximate surface area is 123 Å². The van der Waals surface area contributed by atoms with E-state index in [9.17, 15) is 13.2 Å². The summed E-state index contributed by atoms with van der Waals surface area (Å²) in [6.07, 6.45) is -4.39. The largest absolute Gasteiger partial charge is 0.452 e. The molecule has 1 aromatic heterocycles. The summed E-state index contributed by atoms with van der Waals surface area (Å²) in [5, 5.41) is 3.03. The maximum absolute atomic E-state index is 13.1. The Hall–Kier alpha value is -1.27. The first kappa shape index (κ1) is 15.1. The van der Waals surface area contributed by atoms with Crippen molar-refractivity contribution >= 4 is 15.9 Å². The van der Waals surface area contributed by atoms with Gasteiger partial charge in [0.2, 0.25) is 0 Å². The molecule has 20 heavy (non-hydrogen) atoms. The Morgan fingerprint density at radius 2 is 1.90 bits per heavy atom. The number of furan rings is 1. The van der Waals surface area contributed by atoms with Gasteiger partial charge in [0.25, 0.3) is 0 Å². The minimum atomic E-state index is -4.39. The molecule has 0 radical (unpaired) electrons. The third kappa shape index (κ3) is 3.24. The van der Waals surface area contributed by atoms with E-state index in [1.165, 1.54) is 12.1 Å². The van der Waals surface area contributed by atoms with Gasteiger partial charge in [-0.15, -0.1) is 0 Å². The lowest BCUT2D eigenvalue weighted by molar-refractivity contribution is -0.138. The number of rotatable bonds is 4. The van der Waals surface area contributed by atoms with Crippen LogP contribution in [0.15, 0.2) is 45.5 Å². The Morgan fingerprint density at radius 3 is 2.45 bits per heavy atom.